The summed E-state index contributed by atoms with van der Waals surface area (Å²) in [6, 6.07) is 0.567. The Bertz CT molecular complexity index is 1020. The van der Waals surface area contributed by atoms with E-state index < -0.39 is 48.8 Å². The average molecular weight is 623 g/mol. The molecule has 0 spiro atoms. The Morgan fingerprint density at radius 2 is 1.41 bits per heavy atom. The van der Waals surface area contributed by atoms with Crippen LogP contribution in [0.25, 0.3) is 0 Å². The van der Waals surface area contributed by atoms with Crippen molar-refractivity contribution in [2.75, 3.05) is 11.9 Å². The van der Waals surface area contributed by atoms with Crippen molar-refractivity contribution in [2.24, 2.45) is 5.92 Å². The maximum Gasteiger partial charge on any atom is 0.351 e. The number of aliphatic hydroxyl groups excluding tert-OH is 3. The molecule has 2 amide bonds. The number of ether oxygens (including phenoxy) is 1. The highest BCUT2D eigenvalue weighted by molar-refractivity contribution is 5.96. The van der Waals surface area contributed by atoms with E-state index in [2.05, 4.69) is 22.5 Å². The minimum Gasteiger partial charge on any atom is -0.394 e. The van der Waals surface area contributed by atoms with Gasteiger partial charge < -0.3 is 30.7 Å². The summed E-state index contributed by atoms with van der Waals surface area (Å²) < 4.78 is 6.35. The van der Waals surface area contributed by atoms with Crippen LogP contribution in [0.2, 0.25) is 0 Å². The lowest BCUT2D eigenvalue weighted by Gasteiger charge is -2.22. The molecule has 252 valence electrons. The minimum atomic E-state index is -1.43. The first-order chi connectivity index (χ1) is 21.2. The molecule has 5 atom stereocenters. The molecule has 1 aliphatic rings. The molecule has 1 aliphatic heterocycles. The van der Waals surface area contributed by atoms with Crippen LogP contribution < -0.4 is 16.3 Å². The van der Waals surface area contributed by atoms with Crippen LogP contribution in [0.3, 0.4) is 0 Å². The summed E-state index contributed by atoms with van der Waals surface area (Å²) >= 11 is 0. The maximum absolute atomic E-state index is 12.9. The van der Waals surface area contributed by atoms with E-state index in [0.717, 1.165) is 23.8 Å². The molecule has 0 aromatic carbocycles. The lowest BCUT2D eigenvalue weighted by molar-refractivity contribution is -0.127. The second-order valence-electron chi connectivity index (χ2n) is 12.6. The molecule has 0 saturated carbocycles. The quantitative estimate of drug-likeness (QED) is 0.111. The molecule has 1 fully saturated rings. The van der Waals surface area contributed by atoms with Gasteiger partial charge in [-0.25, -0.2) is 4.79 Å². The van der Waals surface area contributed by atoms with Gasteiger partial charge in [0.05, 0.1) is 6.61 Å². The molecule has 11 nitrogen and oxygen atoms in total. The number of amides is 2. The number of nitrogens with zero attached hydrogens (tertiary/aromatic N) is 2. The molecule has 1 aromatic rings. The van der Waals surface area contributed by atoms with Crippen molar-refractivity contribution in [1.82, 2.24) is 14.9 Å². The molecule has 11 heteroatoms. The van der Waals surface area contributed by atoms with Crippen LogP contribution in [0.5, 0.6) is 0 Å². The predicted octanol–water partition coefficient (Wildman–Crippen LogP) is 4.59. The van der Waals surface area contributed by atoms with Crippen molar-refractivity contribution >= 4 is 17.6 Å². The van der Waals surface area contributed by atoms with Gasteiger partial charge in [0.25, 0.3) is 0 Å². The summed E-state index contributed by atoms with van der Waals surface area (Å²) in [4.78, 5) is 41.9. The van der Waals surface area contributed by atoms with E-state index in [0.29, 0.717) is 6.42 Å². The van der Waals surface area contributed by atoms with Gasteiger partial charge in [0.15, 0.2) is 6.23 Å². The number of aliphatic hydroxyl groups is 3. The van der Waals surface area contributed by atoms with Crippen LogP contribution in [-0.4, -0.2) is 67.6 Å². The molecule has 0 radical (unpaired) electrons. The van der Waals surface area contributed by atoms with Gasteiger partial charge in [-0.15, -0.1) is 0 Å². The summed E-state index contributed by atoms with van der Waals surface area (Å²) in [5.41, 5.74) is -0.814. The van der Waals surface area contributed by atoms with E-state index in [1.807, 2.05) is 13.8 Å². The number of hydrogen-bond acceptors (Lipinski definition) is 8. The van der Waals surface area contributed by atoms with Gasteiger partial charge in [0.1, 0.15) is 30.2 Å². The first-order valence-electron chi connectivity index (χ1n) is 17.0. The summed E-state index contributed by atoms with van der Waals surface area (Å²) in [5, 5.41) is 34.8. The summed E-state index contributed by atoms with van der Waals surface area (Å²) in [7, 11) is 0. The molecule has 5 N–H and O–H groups in total. The summed E-state index contributed by atoms with van der Waals surface area (Å²) in [5.74, 6) is -0.875. The Balaban J connectivity index is 1.62. The zero-order valence-corrected chi connectivity index (χ0v) is 27.2. The fraction of sp³-hybridized carbons (Fsp3) is 0.818. The van der Waals surface area contributed by atoms with Crippen LogP contribution in [-0.2, 0) is 14.3 Å². The number of anilines is 1. The monoisotopic (exact) mass is 622 g/mol. The second-order valence-corrected chi connectivity index (χ2v) is 12.6. The van der Waals surface area contributed by atoms with Crippen LogP contribution in [0.15, 0.2) is 17.1 Å². The molecule has 1 aromatic heterocycles. The molecule has 0 aliphatic carbocycles. The third kappa shape index (κ3) is 13.3. The maximum atomic E-state index is 12.9. The van der Waals surface area contributed by atoms with E-state index in [-0.39, 0.29) is 17.6 Å². The van der Waals surface area contributed by atoms with Crippen molar-refractivity contribution in [1.29, 1.82) is 0 Å². The number of hydrogen-bond donors (Lipinski definition) is 5. The molecular formula is C33H58N4O7. The van der Waals surface area contributed by atoms with Crippen molar-refractivity contribution < 1.29 is 29.6 Å². The number of carbonyl (C=O) groups excluding carboxylic acids is 2. The van der Waals surface area contributed by atoms with E-state index in [4.69, 9.17) is 4.74 Å². The molecule has 2 rings (SSSR count). The Labute approximate surface area is 263 Å². The van der Waals surface area contributed by atoms with Gasteiger partial charge in [0, 0.05) is 12.6 Å². The summed E-state index contributed by atoms with van der Waals surface area (Å²) in [6.45, 7) is 5.39. The van der Waals surface area contributed by atoms with E-state index in [9.17, 15) is 29.7 Å². The van der Waals surface area contributed by atoms with E-state index in [1.54, 1.807) is 0 Å². The number of rotatable bonds is 23. The fourth-order valence-corrected chi connectivity index (χ4v) is 5.60. The van der Waals surface area contributed by atoms with Crippen molar-refractivity contribution in [2.45, 2.75) is 161 Å². The van der Waals surface area contributed by atoms with E-state index >= 15 is 0 Å². The van der Waals surface area contributed by atoms with Gasteiger partial charge in [-0.1, -0.05) is 117 Å². The zero-order chi connectivity index (χ0) is 32.3. The lowest BCUT2D eigenvalue weighted by Crippen LogP contribution is -2.47. The molecule has 1 saturated heterocycles. The highest BCUT2D eigenvalue weighted by Gasteiger charge is 2.43. The van der Waals surface area contributed by atoms with Gasteiger partial charge in [-0.3, -0.25) is 14.2 Å². The van der Waals surface area contributed by atoms with Crippen LogP contribution in [0.1, 0.15) is 136 Å². The minimum absolute atomic E-state index is 0.0132. The Hall–Kier alpha value is -2.34. The molecule has 0 unspecified atom stereocenters. The van der Waals surface area contributed by atoms with Crippen molar-refractivity contribution in [3.05, 3.63) is 22.7 Å². The Morgan fingerprint density at radius 3 is 1.86 bits per heavy atom. The molecular weight excluding hydrogens is 564 g/mol. The fourth-order valence-electron chi connectivity index (χ4n) is 5.60. The van der Waals surface area contributed by atoms with Crippen molar-refractivity contribution in [3.63, 3.8) is 0 Å². The normalized spacial score (nSPS) is 20.6. The van der Waals surface area contributed by atoms with Gasteiger partial charge in [-0.05, 0) is 18.4 Å². The number of aromatic nitrogens is 2. The largest absolute Gasteiger partial charge is 0.394 e. The number of nitrogens with one attached hydrogen (secondary N) is 2. The van der Waals surface area contributed by atoms with Gasteiger partial charge in [0.2, 0.25) is 11.8 Å². The molecule has 2 heterocycles. The smallest absolute Gasteiger partial charge is 0.351 e. The van der Waals surface area contributed by atoms with Crippen LogP contribution >= 0.6 is 0 Å². The standard InChI is InChI=1S/C33H58N4O7/c1-4-5-6-7-8-9-10-11-12-13-14-15-16-17-18-19-20-27(39)36-28(24(2)3)31(42)34-26-21-22-37(33(43)35-26)32-30(41)29(40)25(23-38)44-32/h21-22,24-25,28-30,32,38,40-41H,4-20,23H2,1-3H3,(H,36,39)(H,34,35,42,43)/t25-,28-,29-,30+,32-/m0/s1. The Kier molecular flexibility index (Phi) is 18.4. The second kappa shape index (κ2) is 21.4. The molecule has 44 heavy (non-hydrogen) atoms. The lowest BCUT2D eigenvalue weighted by atomic mass is 10.0. The third-order valence-corrected chi connectivity index (χ3v) is 8.40. The average Bonchev–Trinajstić information content (AvgIpc) is 3.28. The highest BCUT2D eigenvalue weighted by Crippen LogP contribution is 2.28. The van der Waals surface area contributed by atoms with Crippen molar-refractivity contribution in [3.8, 4) is 0 Å². The van der Waals surface area contributed by atoms with E-state index in [1.165, 1.54) is 95.7 Å². The number of carbonyl (C=O) groups is 2. The first kappa shape index (κ1) is 37.8. The van der Waals surface area contributed by atoms with Crippen LogP contribution in [0, 0.1) is 5.92 Å². The third-order valence-electron chi connectivity index (χ3n) is 8.40. The van der Waals surface area contributed by atoms with Gasteiger partial charge in [-0.2, -0.15) is 4.98 Å². The highest BCUT2D eigenvalue weighted by atomic mass is 16.6. The number of unbranched alkanes of at least 4 members (excludes halogenated alkanes) is 15. The zero-order valence-electron chi connectivity index (χ0n) is 27.2. The van der Waals surface area contributed by atoms with Crippen LogP contribution in [0.4, 0.5) is 5.82 Å². The topological polar surface area (TPSA) is 163 Å². The molecule has 0 bridgehead atoms. The predicted molar refractivity (Wildman–Crippen MR) is 171 cm³/mol. The Morgan fingerprint density at radius 1 is 0.886 bits per heavy atom. The van der Waals surface area contributed by atoms with Gasteiger partial charge >= 0.3 is 5.69 Å². The SMILES string of the molecule is CCCCCCCCCCCCCCCCCCC(=O)N[C@H](C(=O)Nc1ccn([C@H]2O[C@@H](CO)[C@H](O)[C@H]2O)c(=O)n1)C(C)C. The summed E-state index contributed by atoms with van der Waals surface area (Å²) in [6.07, 6.45) is 16.8. The first-order valence-corrected chi connectivity index (χ1v) is 17.0.